The number of hydrogen-bond donors (Lipinski definition) is 2. The van der Waals surface area contributed by atoms with Crippen molar-refractivity contribution < 1.29 is 24.2 Å². The highest BCUT2D eigenvalue weighted by Gasteiger charge is 2.60. The first kappa shape index (κ1) is 24.0. The van der Waals surface area contributed by atoms with Crippen LogP contribution in [0.2, 0.25) is 0 Å². The number of rotatable bonds is 6. The fourth-order valence-electron chi connectivity index (χ4n) is 5.45. The molecule has 0 saturated carbocycles. The van der Waals surface area contributed by atoms with Crippen LogP contribution in [-0.2, 0) is 19.7 Å². The third-order valence-electron chi connectivity index (χ3n) is 7.49. The van der Waals surface area contributed by atoms with E-state index in [-0.39, 0.29) is 6.04 Å². The van der Waals surface area contributed by atoms with E-state index >= 15 is 0 Å². The molecule has 32 heavy (non-hydrogen) atoms. The molecular formula is C25H34N2O5. The van der Waals surface area contributed by atoms with Gasteiger partial charge in [0.05, 0.1) is 19.8 Å². The van der Waals surface area contributed by atoms with Gasteiger partial charge in [0.15, 0.2) is 0 Å². The third-order valence-corrected chi connectivity index (χ3v) is 7.49. The SMILES string of the molecule is COC(=O)/C(C)=C/C1=C(NC=O)CC2(c3cc(OC)ccc3C)CCN(C)C(C)[C@]2(O)C1. The number of ether oxygens (including phenoxy) is 2. The average molecular weight is 443 g/mol. The van der Waals surface area contributed by atoms with Gasteiger partial charge in [-0.3, -0.25) is 4.79 Å². The van der Waals surface area contributed by atoms with Crippen molar-refractivity contribution in [2.75, 3.05) is 27.8 Å². The maximum absolute atomic E-state index is 12.4. The zero-order chi connectivity index (χ0) is 23.7. The quantitative estimate of drug-likeness (QED) is 0.400. The number of esters is 1. The molecule has 7 heteroatoms. The van der Waals surface area contributed by atoms with Crippen molar-refractivity contribution in [2.45, 2.75) is 57.1 Å². The Labute approximate surface area is 190 Å². The fourth-order valence-corrected chi connectivity index (χ4v) is 5.45. The number of methoxy groups -OCH3 is 2. The zero-order valence-electron chi connectivity index (χ0n) is 19.8. The molecule has 3 rings (SSSR count). The first-order chi connectivity index (χ1) is 15.1. The molecule has 1 aromatic carbocycles. The van der Waals surface area contributed by atoms with Crippen LogP contribution in [0.25, 0.3) is 0 Å². The molecule has 2 N–H and O–H groups in total. The zero-order valence-corrected chi connectivity index (χ0v) is 19.8. The Hall–Kier alpha value is -2.64. The lowest BCUT2D eigenvalue weighted by Crippen LogP contribution is -2.68. The van der Waals surface area contributed by atoms with Crippen molar-refractivity contribution in [1.82, 2.24) is 10.2 Å². The van der Waals surface area contributed by atoms with Gasteiger partial charge >= 0.3 is 5.97 Å². The number of aliphatic hydroxyl groups is 1. The second-order valence-corrected chi connectivity index (χ2v) is 9.03. The van der Waals surface area contributed by atoms with Crippen LogP contribution in [0.1, 0.15) is 44.2 Å². The third kappa shape index (κ3) is 3.84. The first-order valence-electron chi connectivity index (χ1n) is 10.9. The Kier molecular flexibility index (Phi) is 6.81. The Balaban J connectivity index is 2.26. The van der Waals surface area contributed by atoms with Crippen LogP contribution < -0.4 is 10.1 Å². The van der Waals surface area contributed by atoms with Crippen molar-refractivity contribution in [3.63, 3.8) is 0 Å². The molecule has 2 aliphatic rings. The largest absolute Gasteiger partial charge is 0.497 e. The molecule has 0 aromatic heterocycles. The van der Waals surface area contributed by atoms with Crippen molar-refractivity contribution in [3.8, 4) is 5.75 Å². The van der Waals surface area contributed by atoms with Gasteiger partial charge in [0.25, 0.3) is 0 Å². The molecule has 1 saturated heterocycles. The first-order valence-corrected chi connectivity index (χ1v) is 10.9. The summed E-state index contributed by atoms with van der Waals surface area (Å²) in [5.74, 6) is 0.291. The minimum atomic E-state index is -1.13. The van der Waals surface area contributed by atoms with Crippen LogP contribution in [0.15, 0.2) is 41.1 Å². The Morgan fingerprint density at radius 2 is 2.03 bits per heavy atom. The van der Waals surface area contributed by atoms with Crippen LogP contribution in [0, 0.1) is 6.92 Å². The normalized spacial score (nSPS) is 28.7. The Morgan fingerprint density at radius 3 is 2.66 bits per heavy atom. The number of aryl methyl sites for hydroxylation is 1. The number of carbonyl (C=O) groups excluding carboxylic acids is 2. The molecular weight excluding hydrogens is 408 g/mol. The van der Waals surface area contributed by atoms with E-state index in [1.807, 2.05) is 39.1 Å². The highest BCUT2D eigenvalue weighted by molar-refractivity contribution is 5.88. The van der Waals surface area contributed by atoms with Crippen LogP contribution in [0.5, 0.6) is 5.75 Å². The highest BCUT2D eigenvalue weighted by atomic mass is 16.5. The molecule has 0 spiro atoms. The molecule has 3 atom stereocenters. The van der Waals surface area contributed by atoms with Crippen molar-refractivity contribution >= 4 is 12.4 Å². The Bertz CT molecular complexity index is 969. The predicted octanol–water partition coefficient (Wildman–Crippen LogP) is 2.61. The summed E-state index contributed by atoms with van der Waals surface area (Å²) >= 11 is 0. The summed E-state index contributed by atoms with van der Waals surface area (Å²) in [5.41, 5.74) is 2.20. The average Bonchev–Trinajstić information content (AvgIpc) is 2.78. The number of fused-ring (bicyclic) bond motifs is 1. The lowest BCUT2D eigenvalue weighted by Gasteiger charge is -2.60. The molecule has 174 valence electrons. The summed E-state index contributed by atoms with van der Waals surface area (Å²) in [5, 5.41) is 15.3. The maximum atomic E-state index is 12.4. The molecule has 0 bridgehead atoms. The fraction of sp³-hybridized carbons (Fsp3) is 0.520. The predicted molar refractivity (Wildman–Crippen MR) is 122 cm³/mol. The van der Waals surface area contributed by atoms with Gasteiger partial charge in [-0.15, -0.1) is 0 Å². The molecule has 1 amide bonds. The second-order valence-electron chi connectivity index (χ2n) is 9.03. The number of nitrogens with zero attached hydrogens (tertiary/aromatic N) is 1. The van der Waals surface area contributed by atoms with Gasteiger partial charge in [0.1, 0.15) is 5.75 Å². The van der Waals surface area contributed by atoms with Crippen molar-refractivity contribution in [3.05, 3.63) is 52.2 Å². The van der Waals surface area contributed by atoms with E-state index in [1.54, 1.807) is 20.1 Å². The molecule has 1 aliphatic carbocycles. The molecule has 1 aromatic rings. The summed E-state index contributed by atoms with van der Waals surface area (Å²) in [6.07, 6.45) is 3.83. The van der Waals surface area contributed by atoms with Gasteiger partial charge in [-0.2, -0.15) is 0 Å². The molecule has 0 radical (unpaired) electrons. The smallest absolute Gasteiger partial charge is 0.333 e. The van der Waals surface area contributed by atoms with Crippen LogP contribution >= 0.6 is 0 Å². The van der Waals surface area contributed by atoms with Gasteiger partial charge in [0, 0.05) is 35.6 Å². The van der Waals surface area contributed by atoms with E-state index in [1.165, 1.54) is 7.11 Å². The highest BCUT2D eigenvalue weighted by Crippen LogP contribution is 2.56. The van der Waals surface area contributed by atoms with Gasteiger partial charge < -0.3 is 24.8 Å². The number of likely N-dealkylation sites (tertiary alicyclic amines) is 1. The second kappa shape index (κ2) is 9.08. The van der Waals surface area contributed by atoms with Crippen LogP contribution in [0.4, 0.5) is 0 Å². The molecule has 2 unspecified atom stereocenters. The molecule has 7 nitrogen and oxygen atoms in total. The summed E-state index contributed by atoms with van der Waals surface area (Å²) in [6, 6.07) is 5.79. The summed E-state index contributed by atoms with van der Waals surface area (Å²) in [6.45, 7) is 6.56. The summed E-state index contributed by atoms with van der Waals surface area (Å²) in [4.78, 5) is 25.7. The van der Waals surface area contributed by atoms with E-state index < -0.39 is 17.0 Å². The maximum Gasteiger partial charge on any atom is 0.333 e. The van der Waals surface area contributed by atoms with Crippen molar-refractivity contribution in [2.24, 2.45) is 0 Å². The van der Waals surface area contributed by atoms with Gasteiger partial charge in [-0.25, -0.2) is 4.79 Å². The summed E-state index contributed by atoms with van der Waals surface area (Å²) < 4.78 is 10.4. The van der Waals surface area contributed by atoms with Gasteiger partial charge in [-0.1, -0.05) is 6.07 Å². The van der Waals surface area contributed by atoms with Gasteiger partial charge in [-0.05, 0) is 75.7 Å². The van der Waals surface area contributed by atoms with E-state index in [4.69, 9.17) is 9.47 Å². The van der Waals surface area contributed by atoms with E-state index in [2.05, 4.69) is 10.2 Å². The molecule has 1 fully saturated rings. The topological polar surface area (TPSA) is 88.1 Å². The monoisotopic (exact) mass is 442 g/mol. The summed E-state index contributed by atoms with van der Waals surface area (Å²) in [7, 11) is 4.99. The number of amides is 1. The Morgan fingerprint density at radius 1 is 1.31 bits per heavy atom. The number of likely N-dealkylation sites (N-methyl/N-ethyl adjacent to an activating group) is 1. The van der Waals surface area contributed by atoms with Crippen LogP contribution in [0.3, 0.4) is 0 Å². The number of allylic oxidation sites excluding steroid dienone is 2. The van der Waals surface area contributed by atoms with Crippen molar-refractivity contribution in [1.29, 1.82) is 0 Å². The number of nitrogens with one attached hydrogen (secondary N) is 1. The minimum Gasteiger partial charge on any atom is -0.497 e. The standard InChI is InChI=1S/C25H34N2O5/c1-16-7-8-20(31-5)12-21(16)24-9-10-27(4)18(3)25(24,30)13-19(22(14-24)26-15-28)11-17(2)23(29)32-6/h7-8,11-12,15,18,30H,9-10,13-14H2,1-6H3,(H,26,28)/b17-11+/t18?,24?,25-/m1/s1. The van der Waals surface area contributed by atoms with E-state index in [0.29, 0.717) is 30.5 Å². The van der Waals surface area contributed by atoms with Crippen LogP contribution in [-0.4, -0.2) is 61.8 Å². The number of piperidine rings is 1. The van der Waals surface area contributed by atoms with E-state index in [0.717, 1.165) is 35.4 Å². The number of hydrogen-bond acceptors (Lipinski definition) is 6. The number of benzene rings is 1. The number of carbonyl (C=O) groups is 2. The molecule has 1 heterocycles. The van der Waals surface area contributed by atoms with E-state index in [9.17, 15) is 14.7 Å². The lowest BCUT2D eigenvalue weighted by atomic mass is 9.53. The van der Waals surface area contributed by atoms with Gasteiger partial charge in [0.2, 0.25) is 6.41 Å². The lowest BCUT2D eigenvalue weighted by molar-refractivity contribution is -0.136. The minimum absolute atomic E-state index is 0.151. The molecule has 1 aliphatic heterocycles.